The van der Waals surface area contributed by atoms with Crippen molar-refractivity contribution in [2.75, 3.05) is 0 Å². The van der Waals surface area contributed by atoms with Crippen LogP contribution >= 0.6 is 0 Å². The average molecular weight is 299 g/mol. The first-order valence-corrected chi connectivity index (χ1v) is 6.92. The molecule has 3 rings (SSSR count). The first kappa shape index (κ1) is 14.3. The van der Waals surface area contributed by atoms with Gasteiger partial charge in [-0.25, -0.2) is 4.39 Å². The van der Waals surface area contributed by atoms with E-state index in [-0.39, 0.29) is 12.3 Å². The number of aliphatic carboxylic acids is 1. The van der Waals surface area contributed by atoms with Crippen LogP contribution in [-0.4, -0.2) is 21.9 Å². The van der Waals surface area contributed by atoms with Crippen molar-refractivity contribution in [1.82, 2.24) is 4.90 Å². The Bertz CT molecular complexity index is 727. The SMILES string of the molecule is O=C(O)C[C@H](c1ccc(F)cc1)N1Cc2ccccc2C1=O. The number of carboxylic acids is 1. The molecule has 4 nitrogen and oxygen atoms in total. The lowest BCUT2D eigenvalue weighted by molar-refractivity contribution is -0.138. The molecule has 0 bridgehead atoms. The van der Waals surface area contributed by atoms with Gasteiger partial charge in [-0.3, -0.25) is 9.59 Å². The summed E-state index contributed by atoms with van der Waals surface area (Å²) in [6, 6.07) is 12.2. The molecular formula is C17H14FNO3. The molecule has 1 aliphatic rings. The van der Waals surface area contributed by atoms with Crippen molar-refractivity contribution in [3.05, 3.63) is 71.0 Å². The number of carboxylic acid groups (broad SMARTS) is 1. The highest BCUT2D eigenvalue weighted by Crippen LogP contribution is 2.33. The third-order valence-corrected chi connectivity index (χ3v) is 3.85. The number of nitrogens with zero attached hydrogens (tertiary/aromatic N) is 1. The minimum absolute atomic E-state index is 0.189. The van der Waals surface area contributed by atoms with Gasteiger partial charge in [0.1, 0.15) is 5.82 Å². The molecule has 1 aliphatic heterocycles. The lowest BCUT2D eigenvalue weighted by Gasteiger charge is -2.27. The maximum absolute atomic E-state index is 13.1. The number of fused-ring (bicyclic) bond motifs is 1. The number of hydrogen-bond acceptors (Lipinski definition) is 2. The third-order valence-electron chi connectivity index (χ3n) is 3.85. The van der Waals surface area contributed by atoms with Crippen LogP contribution in [0.4, 0.5) is 4.39 Å². The lowest BCUT2D eigenvalue weighted by atomic mass is 10.0. The second-order valence-electron chi connectivity index (χ2n) is 5.26. The van der Waals surface area contributed by atoms with Crippen LogP contribution < -0.4 is 0 Å². The summed E-state index contributed by atoms with van der Waals surface area (Å²) in [4.78, 5) is 25.2. The van der Waals surface area contributed by atoms with Crippen LogP contribution in [0, 0.1) is 5.82 Å². The highest BCUT2D eigenvalue weighted by molar-refractivity contribution is 5.98. The fraction of sp³-hybridized carbons (Fsp3) is 0.176. The summed E-state index contributed by atoms with van der Waals surface area (Å²) in [5, 5.41) is 9.15. The standard InChI is InChI=1S/C17H14FNO3/c18-13-7-5-11(6-8-13)15(9-16(20)21)19-10-12-3-1-2-4-14(12)17(19)22/h1-8,15H,9-10H2,(H,20,21)/t15-/m1/s1. The summed E-state index contributed by atoms with van der Waals surface area (Å²) in [6.45, 7) is 0.365. The van der Waals surface area contributed by atoms with Crippen LogP contribution in [0.3, 0.4) is 0 Å². The minimum atomic E-state index is -1.00. The molecule has 0 aromatic heterocycles. The predicted octanol–water partition coefficient (Wildman–Crippen LogP) is 3.00. The number of hydrogen-bond donors (Lipinski definition) is 1. The van der Waals surface area contributed by atoms with Gasteiger partial charge in [-0.1, -0.05) is 30.3 Å². The number of halogens is 1. The van der Waals surface area contributed by atoms with E-state index in [0.717, 1.165) is 5.56 Å². The highest BCUT2D eigenvalue weighted by Gasteiger charge is 2.34. The zero-order valence-electron chi connectivity index (χ0n) is 11.7. The van der Waals surface area contributed by atoms with Gasteiger partial charge in [0, 0.05) is 12.1 Å². The van der Waals surface area contributed by atoms with Gasteiger partial charge in [-0.15, -0.1) is 0 Å². The monoisotopic (exact) mass is 299 g/mol. The van der Waals surface area contributed by atoms with E-state index in [2.05, 4.69) is 0 Å². The number of carbonyl (C=O) groups excluding carboxylic acids is 1. The highest BCUT2D eigenvalue weighted by atomic mass is 19.1. The summed E-state index contributed by atoms with van der Waals surface area (Å²) in [5.41, 5.74) is 2.09. The van der Waals surface area contributed by atoms with Crippen LogP contribution in [0.5, 0.6) is 0 Å². The summed E-state index contributed by atoms with van der Waals surface area (Å²) >= 11 is 0. The largest absolute Gasteiger partial charge is 0.481 e. The third kappa shape index (κ3) is 2.57. The molecule has 112 valence electrons. The van der Waals surface area contributed by atoms with E-state index in [1.54, 1.807) is 12.1 Å². The Balaban J connectivity index is 1.96. The lowest BCUT2D eigenvalue weighted by Crippen LogP contribution is -2.30. The zero-order chi connectivity index (χ0) is 15.7. The molecule has 2 aromatic rings. The van der Waals surface area contributed by atoms with Crippen molar-refractivity contribution >= 4 is 11.9 Å². The number of carbonyl (C=O) groups is 2. The molecule has 0 unspecified atom stereocenters. The molecule has 1 heterocycles. The van der Waals surface area contributed by atoms with E-state index in [9.17, 15) is 14.0 Å². The second kappa shape index (κ2) is 5.60. The van der Waals surface area contributed by atoms with Gasteiger partial charge in [0.2, 0.25) is 0 Å². The van der Waals surface area contributed by atoms with Crippen LogP contribution in [0.2, 0.25) is 0 Å². The topological polar surface area (TPSA) is 57.6 Å². The molecular weight excluding hydrogens is 285 g/mol. The molecule has 1 N–H and O–H groups in total. The van der Waals surface area contributed by atoms with Crippen LogP contribution in [0.1, 0.15) is 33.9 Å². The van der Waals surface area contributed by atoms with E-state index < -0.39 is 17.8 Å². The fourth-order valence-corrected chi connectivity index (χ4v) is 2.79. The van der Waals surface area contributed by atoms with Crippen molar-refractivity contribution in [3.63, 3.8) is 0 Å². The van der Waals surface area contributed by atoms with Gasteiger partial charge in [-0.05, 0) is 29.3 Å². The first-order chi connectivity index (χ1) is 10.6. The Kier molecular flexibility index (Phi) is 3.63. The minimum Gasteiger partial charge on any atom is -0.481 e. The van der Waals surface area contributed by atoms with Gasteiger partial charge in [-0.2, -0.15) is 0 Å². The van der Waals surface area contributed by atoms with E-state index in [0.29, 0.717) is 17.7 Å². The van der Waals surface area contributed by atoms with Crippen molar-refractivity contribution in [2.24, 2.45) is 0 Å². The molecule has 0 saturated carbocycles. The maximum atomic E-state index is 13.1. The zero-order valence-corrected chi connectivity index (χ0v) is 11.7. The molecule has 22 heavy (non-hydrogen) atoms. The Morgan fingerprint density at radius 1 is 1.18 bits per heavy atom. The van der Waals surface area contributed by atoms with Crippen LogP contribution in [-0.2, 0) is 11.3 Å². The number of rotatable bonds is 4. The van der Waals surface area contributed by atoms with Crippen molar-refractivity contribution in [1.29, 1.82) is 0 Å². The summed E-state index contributed by atoms with van der Waals surface area (Å²) in [7, 11) is 0. The van der Waals surface area contributed by atoms with Crippen molar-refractivity contribution < 1.29 is 19.1 Å². The molecule has 1 atom stereocenters. The van der Waals surface area contributed by atoms with Crippen molar-refractivity contribution in [2.45, 2.75) is 19.0 Å². The molecule has 5 heteroatoms. The molecule has 2 aromatic carbocycles. The Morgan fingerprint density at radius 3 is 2.50 bits per heavy atom. The average Bonchev–Trinajstić information content (AvgIpc) is 2.83. The van der Waals surface area contributed by atoms with Crippen molar-refractivity contribution in [3.8, 4) is 0 Å². The van der Waals surface area contributed by atoms with Gasteiger partial charge >= 0.3 is 5.97 Å². The van der Waals surface area contributed by atoms with Crippen LogP contribution in [0.25, 0.3) is 0 Å². The Labute approximate surface area is 126 Å². The molecule has 0 fully saturated rings. The fourth-order valence-electron chi connectivity index (χ4n) is 2.79. The van der Waals surface area contributed by atoms with Gasteiger partial charge < -0.3 is 10.0 Å². The molecule has 0 saturated heterocycles. The molecule has 0 spiro atoms. The van der Waals surface area contributed by atoms with E-state index in [1.165, 1.54) is 29.2 Å². The molecule has 0 radical (unpaired) electrons. The molecule has 1 amide bonds. The van der Waals surface area contributed by atoms with Gasteiger partial charge in [0.05, 0.1) is 12.5 Å². The summed E-state index contributed by atoms with van der Waals surface area (Å²) in [6.07, 6.45) is -0.217. The van der Waals surface area contributed by atoms with Crippen LogP contribution in [0.15, 0.2) is 48.5 Å². The normalized spacial score (nSPS) is 14.8. The van der Waals surface area contributed by atoms with Gasteiger partial charge in [0.15, 0.2) is 0 Å². The smallest absolute Gasteiger partial charge is 0.305 e. The van der Waals surface area contributed by atoms with Gasteiger partial charge in [0.25, 0.3) is 5.91 Å². The first-order valence-electron chi connectivity index (χ1n) is 6.92. The summed E-state index contributed by atoms with van der Waals surface area (Å²) in [5.74, 6) is -1.59. The number of amides is 1. The Morgan fingerprint density at radius 2 is 1.86 bits per heavy atom. The predicted molar refractivity (Wildman–Crippen MR) is 77.7 cm³/mol. The maximum Gasteiger partial charge on any atom is 0.305 e. The number of benzene rings is 2. The summed E-state index contributed by atoms with van der Waals surface area (Å²) < 4.78 is 13.1. The Hall–Kier alpha value is -2.69. The van der Waals surface area contributed by atoms with E-state index in [4.69, 9.17) is 5.11 Å². The van der Waals surface area contributed by atoms with E-state index >= 15 is 0 Å². The van der Waals surface area contributed by atoms with E-state index in [1.807, 2.05) is 12.1 Å². The quantitative estimate of drug-likeness (QED) is 0.944. The second-order valence-corrected chi connectivity index (χ2v) is 5.26. The molecule has 0 aliphatic carbocycles.